The summed E-state index contributed by atoms with van der Waals surface area (Å²) in [6, 6.07) is 0.572. The van der Waals surface area contributed by atoms with Crippen molar-refractivity contribution in [2.75, 3.05) is 13.6 Å². The van der Waals surface area contributed by atoms with Gasteiger partial charge in [-0.15, -0.1) is 0 Å². The maximum absolute atomic E-state index is 11.0. The molecule has 0 heterocycles. The van der Waals surface area contributed by atoms with Crippen LogP contribution in [0.2, 0.25) is 0 Å². The minimum Gasteiger partial charge on any atom is -0.358 e. The SMILES string of the molecule is CCCC(NCC(=O)NC)C1CC1. The van der Waals surface area contributed by atoms with Crippen LogP contribution in [0.15, 0.2) is 0 Å². The van der Waals surface area contributed by atoms with E-state index in [-0.39, 0.29) is 5.91 Å². The lowest BCUT2D eigenvalue weighted by Crippen LogP contribution is -2.39. The van der Waals surface area contributed by atoms with Gasteiger partial charge in [0.25, 0.3) is 0 Å². The van der Waals surface area contributed by atoms with Crippen molar-refractivity contribution in [3.63, 3.8) is 0 Å². The molecule has 1 aliphatic rings. The van der Waals surface area contributed by atoms with Crippen molar-refractivity contribution < 1.29 is 4.79 Å². The summed E-state index contributed by atoms with van der Waals surface area (Å²) >= 11 is 0. The van der Waals surface area contributed by atoms with Crippen molar-refractivity contribution in [2.24, 2.45) is 5.92 Å². The van der Waals surface area contributed by atoms with Gasteiger partial charge in [0.05, 0.1) is 6.54 Å². The monoisotopic (exact) mass is 184 g/mol. The molecule has 1 rings (SSSR count). The zero-order chi connectivity index (χ0) is 9.68. The topological polar surface area (TPSA) is 41.1 Å². The summed E-state index contributed by atoms with van der Waals surface area (Å²) in [4.78, 5) is 11.0. The highest BCUT2D eigenvalue weighted by Gasteiger charge is 2.30. The van der Waals surface area contributed by atoms with Crippen LogP contribution >= 0.6 is 0 Å². The van der Waals surface area contributed by atoms with Crippen LogP contribution < -0.4 is 10.6 Å². The number of carbonyl (C=O) groups excluding carboxylic acids is 1. The van der Waals surface area contributed by atoms with Gasteiger partial charge in [-0.05, 0) is 25.2 Å². The van der Waals surface area contributed by atoms with Crippen molar-refractivity contribution in [1.29, 1.82) is 0 Å². The Kier molecular flexibility index (Phi) is 4.22. The minimum atomic E-state index is 0.0850. The van der Waals surface area contributed by atoms with E-state index in [9.17, 15) is 4.79 Å². The van der Waals surface area contributed by atoms with Crippen LogP contribution in [-0.4, -0.2) is 25.5 Å². The number of hydrogen-bond acceptors (Lipinski definition) is 2. The molecule has 0 bridgehead atoms. The molecule has 1 aliphatic carbocycles. The Labute approximate surface area is 80.3 Å². The predicted molar refractivity (Wildman–Crippen MR) is 53.5 cm³/mol. The van der Waals surface area contributed by atoms with Gasteiger partial charge in [-0.1, -0.05) is 13.3 Å². The summed E-state index contributed by atoms with van der Waals surface area (Å²) < 4.78 is 0. The second-order valence-electron chi connectivity index (χ2n) is 3.79. The molecule has 0 saturated heterocycles. The molecule has 0 aliphatic heterocycles. The first-order valence-electron chi connectivity index (χ1n) is 5.22. The third kappa shape index (κ3) is 3.77. The fourth-order valence-electron chi connectivity index (χ4n) is 1.63. The van der Waals surface area contributed by atoms with E-state index in [4.69, 9.17) is 0 Å². The van der Waals surface area contributed by atoms with Gasteiger partial charge in [-0.2, -0.15) is 0 Å². The number of amides is 1. The van der Waals surface area contributed by atoms with E-state index in [0.29, 0.717) is 12.6 Å². The number of rotatable bonds is 6. The quantitative estimate of drug-likeness (QED) is 0.644. The molecule has 0 spiro atoms. The number of hydrogen-bond donors (Lipinski definition) is 2. The lowest BCUT2D eigenvalue weighted by molar-refractivity contribution is -0.119. The molecule has 76 valence electrons. The second-order valence-corrected chi connectivity index (χ2v) is 3.79. The minimum absolute atomic E-state index is 0.0850. The molecule has 3 heteroatoms. The van der Waals surface area contributed by atoms with Crippen LogP contribution in [0.5, 0.6) is 0 Å². The molecule has 1 saturated carbocycles. The van der Waals surface area contributed by atoms with E-state index in [1.54, 1.807) is 7.05 Å². The van der Waals surface area contributed by atoms with Gasteiger partial charge in [0.1, 0.15) is 0 Å². The summed E-state index contributed by atoms with van der Waals surface area (Å²) in [5.41, 5.74) is 0. The number of carbonyl (C=O) groups is 1. The Hall–Kier alpha value is -0.570. The highest BCUT2D eigenvalue weighted by Crippen LogP contribution is 2.34. The van der Waals surface area contributed by atoms with Crippen LogP contribution in [-0.2, 0) is 4.79 Å². The molecule has 1 atom stereocenters. The number of nitrogens with one attached hydrogen (secondary N) is 2. The van der Waals surface area contributed by atoms with E-state index in [0.717, 1.165) is 5.92 Å². The third-order valence-electron chi connectivity index (χ3n) is 2.59. The zero-order valence-corrected chi connectivity index (χ0v) is 8.60. The first-order valence-corrected chi connectivity index (χ1v) is 5.22. The number of likely N-dealkylation sites (N-methyl/N-ethyl adjacent to an activating group) is 1. The van der Waals surface area contributed by atoms with Crippen LogP contribution in [0.1, 0.15) is 32.6 Å². The Bertz CT molecular complexity index is 166. The lowest BCUT2D eigenvalue weighted by atomic mass is 10.1. The van der Waals surface area contributed by atoms with Crippen LogP contribution in [0.25, 0.3) is 0 Å². The summed E-state index contributed by atoms with van der Waals surface area (Å²) in [6.45, 7) is 2.66. The van der Waals surface area contributed by atoms with Gasteiger partial charge in [0, 0.05) is 13.1 Å². The Morgan fingerprint density at radius 3 is 2.69 bits per heavy atom. The van der Waals surface area contributed by atoms with Crippen molar-refractivity contribution >= 4 is 5.91 Å². The summed E-state index contributed by atoms with van der Waals surface area (Å²) in [7, 11) is 1.68. The van der Waals surface area contributed by atoms with Crippen molar-refractivity contribution in [2.45, 2.75) is 38.6 Å². The molecule has 0 aromatic rings. The van der Waals surface area contributed by atoms with Crippen molar-refractivity contribution in [3.05, 3.63) is 0 Å². The summed E-state index contributed by atoms with van der Waals surface area (Å²) in [5, 5.41) is 5.94. The van der Waals surface area contributed by atoms with Crippen LogP contribution in [0, 0.1) is 5.92 Å². The first-order chi connectivity index (χ1) is 6.27. The van der Waals surface area contributed by atoms with Gasteiger partial charge < -0.3 is 10.6 Å². The second kappa shape index (κ2) is 5.22. The molecule has 1 amide bonds. The predicted octanol–water partition coefficient (Wildman–Crippen LogP) is 0.901. The summed E-state index contributed by atoms with van der Waals surface area (Å²) in [6.07, 6.45) is 5.07. The maximum atomic E-state index is 11.0. The maximum Gasteiger partial charge on any atom is 0.233 e. The Morgan fingerprint density at radius 2 is 2.23 bits per heavy atom. The molecular formula is C10H20N2O. The molecule has 1 unspecified atom stereocenters. The van der Waals surface area contributed by atoms with Gasteiger partial charge in [0.2, 0.25) is 5.91 Å². The van der Waals surface area contributed by atoms with Crippen LogP contribution in [0.4, 0.5) is 0 Å². The standard InChI is InChI=1S/C10H20N2O/c1-3-4-9(8-5-6-8)12-7-10(13)11-2/h8-9,12H,3-7H2,1-2H3,(H,11,13). The van der Waals surface area contributed by atoms with Gasteiger partial charge in [0.15, 0.2) is 0 Å². The Morgan fingerprint density at radius 1 is 1.54 bits per heavy atom. The highest BCUT2D eigenvalue weighted by atomic mass is 16.1. The normalized spacial score (nSPS) is 18.3. The zero-order valence-electron chi connectivity index (χ0n) is 8.60. The fraction of sp³-hybridized carbons (Fsp3) is 0.900. The summed E-state index contributed by atoms with van der Waals surface area (Å²) in [5.74, 6) is 0.923. The van der Waals surface area contributed by atoms with E-state index < -0.39 is 0 Å². The molecule has 0 aromatic heterocycles. The lowest BCUT2D eigenvalue weighted by Gasteiger charge is -2.16. The van der Waals surface area contributed by atoms with E-state index in [1.807, 2.05) is 0 Å². The smallest absolute Gasteiger partial charge is 0.233 e. The van der Waals surface area contributed by atoms with E-state index in [1.165, 1.54) is 25.7 Å². The molecule has 2 N–H and O–H groups in total. The van der Waals surface area contributed by atoms with E-state index in [2.05, 4.69) is 17.6 Å². The average molecular weight is 184 g/mol. The molecule has 1 fully saturated rings. The van der Waals surface area contributed by atoms with E-state index >= 15 is 0 Å². The van der Waals surface area contributed by atoms with Gasteiger partial charge in [-0.3, -0.25) is 4.79 Å². The first kappa shape index (κ1) is 10.5. The van der Waals surface area contributed by atoms with Gasteiger partial charge >= 0.3 is 0 Å². The molecule has 0 radical (unpaired) electrons. The molecular weight excluding hydrogens is 164 g/mol. The molecule has 3 nitrogen and oxygen atoms in total. The largest absolute Gasteiger partial charge is 0.358 e. The highest BCUT2D eigenvalue weighted by molar-refractivity contribution is 5.77. The Balaban J connectivity index is 2.17. The van der Waals surface area contributed by atoms with Gasteiger partial charge in [-0.25, -0.2) is 0 Å². The average Bonchev–Trinajstić information content (AvgIpc) is 2.94. The van der Waals surface area contributed by atoms with Crippen molar-refractivity contribution in [1.82, 2.24) is 10.6 Å². The fourth-order valence-corrected chi connectivity index (χ4v) is 1.63. The van der Waals surface area contributed by atoms with Crippen LogP contribution in [0.3, 0.4) is 0 Å². The molecule has 0 aromatic carbocycles. The van der Waals surface area contributed by atoms with Crippen molar-refractivity contribution in [3.8, 4) is 0 Å². The molecule has 13 heavy (non-hydrogen) atoms. The third-order valence-corrected chi connectivity index (χ3v) is 2.59.